The molecule has 30 heavy (non-hydrogen) atoms. The van der Waals surface area contributed by atoms with Gasteiger partial charge in [0.1, 0.15) is 5.60 Å². The van der Waals surface area contributed by atoms with Crippen LogP contribution in [0.1, 0.15) is 58.4 Å². The molecule has 1 atom stereocenters. The van der Waals surface area contributed by atoms with Crippen LogP contribution in [-0.4, -0.2) is 55.3 Å². The molecule has 2 fully saturated rings. The van der Waals surface area contributed by atoms with Gasteiger partial charge in [-0.1, -0.05) is 30.3 Å². The molecule has 6 nitrogen and oxygen atoms in total. The summed E-state index contributed by atoms with van der Waals surface area (Å²) in [6, 6.07) is 10.1. The lowest BCUT2D eigenvalue weighted by Crippen LogP contribution is -2.49. The zero-order valence-electron chi connectivity index (χ0n) is 18.6. The van der Waals surface area contributed by atoms with E-state index < -0.39 is 11.0 Å². The Labute approximate surface area is 180 Å². The van der Waals surface area contributed by atoms with Crippen LogP contribution in [0.3, 0.4) is 0 Å². The highest BCUT2D eigenvalue weighted by atomic mass is 16.6. The Kier molecular flexibility index (Phi) is 7.40. The Morgan fingerprint density at radius 1 is 1.20 bits per heavy atom. The monoisotopic (exact) mass is 416 g/mol. The van der Waals surface area contributed by atoms with Gasteiger partial charge in [0.05, 0.1) is 5.41 Å². The third-order valence-corrected chi connectivity index (χ3v) is 6.12. The van der Waals surface area contributed by atoms with E-state index in [1.165, 1.54) is 0 Å². The number of ether oxygens (including phenoxy) is 2. The molecule has 1 N–H and O–H groups in total. The van der Waals surface area contributed by atoms with E-state index in [9.17, 15) is 9.59 Å². The summed E-state index contributed by atoms with van der Waals surface area (Å²) in [5.41, 5.74) is 0.0850. The quantitative estimate of drug-likeness (QED) is 0.791. The second kappa shape index (κ2) is 9.82. The molecule has 2 aliphatic heterocycles. The van der Waals surface area contributed by atoms with Gasteiger partial charge in [-0.05, 0) is 64.4 Å². The molecule has 2 saturated heterocycles. The van der Waals surface area contributed by atoms with Gasteiger partial charge in [-0.2, -0.15) is 0 Å². The van der Waals surface area contributed by atoms with Crippen LogP contribution < -0.4 is 5.32 Å². The van der Waals surface area contributed by atoms with E-state index >= 15 is 0 Å². The van der Waals surface area contributed by atoms with Crippen molar-refractivity contribution in [2.75, 3.05) is 32.8 Å². The first-order valence-corrected chi connectivity index (χ1v) is 11.2. The smallest absolute Gasteiger partial charge is 0.410 e. The number of piperidine rings is 1. The fourth-order valence-electron chi connectivity index (χ4n) is 4.48. The summed E-state index contributed by atoms with van der Waals surface area (Å²) in [5, 5.41) is 3.19. The molecule has 3 rings (SSSR count). The second-order valence-electron chi connectivity index (χ2n) is 9.54. The Balaban J connectivity index is 1.53. The van der Waals surface area contributed by atoms with Crippen LogP contribution in [0, 0.1) is 5.92 Å². The maximum Gasteiger partial charge on any atom is 0.410 e. The molecule has 0 radical (unpaired) electrons. The lowest BCUT2D eigenvalue weighted by molar-refractivity contribution is -0.130. The van der Waals surface area contributed by atoms with E-state index in [0.29, 0.717) is 45.1 Å². The zero-order valence-corrected chi connectivity index (χ0v) is 18.6. The maximum absolute atomic E-state index is 13.2. The van der Waals surface area contributed by atoms with Gasteiger partial charge in [0.15, 0.2) is 0 Å². The average molecular weight is 417 g/mol. The molecule has 2 aliphatic rings. The van der Waals surface area contributed by atoms with Crippen molar-refractivity contribution in [3.05, 3.63) is 35.9 Å². The molecule has 1 aromatic carbocycles. The molecule has 0 bridgehead atoms. The molecule has 0 spiro atoms. The number of nitrogens with zero attached hydrogens (tertiary/aromatic N) is 1. The van der Waals surface area contributed by atoms with Gasteiger partial charge in [-0.25, -0.2) is 4.79 Å². The number of carbonyl (C=O) groups is 2. The number of nitrogens with one attached hydrogen (secondary N) is 1. The molecule has 166 valence electrons. The molecule has 2 amide bonds. The van der Waals surface area contributed by atoms with Crippen LogP contribution in [-0.2, 0) is 19.7 Å². The van der Waals surface area contributed by atoms with Gasteiger partial charge in [0.2, 0.25) is 5.91 Å². The van der Waals surface area contributed by atoms with Gasteiger partial charge < -0.3 is 19.7 Å². The normalized spacial score (nSPS) is 21.7. The van der Waals surface area contributed by atoms with Gasteiger partial charge >= 0.3 is 6.09 Å². The highest BCUT2D eigenvalue weighted by Gasteiger charge is 2.41. The van der Waals surface area contributed by atoms with Crippen molar-refractivity contribution in [3.8, 4) is 0 Å². The largest absolute Gasteiger partial charge is 0.444 e. The first-order chi connectivity index (χ1) is 14.3. The first kappa shape index (κ1) is 22.6. The maximum atomic E-state index is 13.2. The van der Waals surface area contributed by atoms with Crippen molar-refractivity contribution in [3.63, 3.8) is 0 Å². The summed E-state index contributed by atoms with van der Waals surface area (Å²) < 4.78 is 11.1. The molecule has 1 unspecified atom stereocenters. The number of rotatable bonds is 5. The highest BCUT2D eigenvalue weighted by Crippen LogP contribution is 2.35. The van der Waals surface area contributed by atoms with E-state index in [-0.39, 0.29) is 12.0 Å². The third-order valence-electron chi connectivity index (χ3n) is 6.12. The minimum absolute atomic E-state index is 0.0943. The highest BCUT2D eigenvalue weighted by molar-refractivity contribution is 5.88. The van der Waals surface area contributed by atoms with E-state index in [1.54, 1.807) is 0 Å². The Morgan fingerprint density at radius 2 is 1.90 bits per heavy atom. The van der Waals surface area contributed by atoms with Gasteiger partial charge in [-0.15, -0.1) is 0 Å². The number of amides is 2. The fraction of sp³-hybridized carbons (Fsp3) is 0.667. The Bertz CT molecular complexity index is 708. The topological polar surface area (TPSA) is 67.9 Å². The van der Waals surface area contributed by atoms with Crippen molar-refractivity contribution in [2.24, 2.45) is 5.92 Å². The Hall–Kier alpha value is -2.08. The van der Waals surface area contributed by atoms with E-state index in [2.05, 4.69) is 5.32 Å². The van der Waals surface area contributed by atoms with Crippen molar-refractivity contribution in [1.29, 1.82) is 0 Å². The summed E-state index contributed by atoms with van der Waals surface area (Å²) >= 11 is 0. The molecule has 2 heterocycles. The number of hydrogen-bond donors (Lipinski definition) is 1. The number of benzene rings is 1. The van der Waals surface area contributed by atoms with Crippen LogP contribution in [0.25, 0.3) is 0 Å². The summed E-state index contributed by atoms with van der Waals surface area (Å²) in [4.78, 5) is 27.4. The van der Waals surface area contributed by atoms with Crippen molar-refractivity contribution in [2.45, 2.75) is 63.9 Å². The van der Waals surface area contributed by atoms with Crippen LogP contribution in [0.5, 0.6) is 0 Å². The minimum atomic E-state index is -0.505. The summed E-state index contributed by atoms with van der Waals surface area (Å²) in [5.74, 6) is 0.478. The van der Waals surface area contributed by atoms with Crippen LogP contribution in [0.4, 0.5) is 4.79 Å². The molecule has 6 heteroatoms. The van der Waals surface area contributed by atoms with E-state index in [0.717, 1.165) is 31.4 Å². The van der Waals surface area contributed by atoms with Gasteiger partial charge in [0.25, 0.3) is 0 Å². The Morgan fingerprint density at radius 3 is 2.57 bits per heavy atom. The van der Waals surface area contributed by atoms with Crippen LogP contribution in [0.2, 0.25) is 0 Å². The van der Waals surface area contributed by atoms with Gasteiger partial charge in [0, 0.05) is 32.8 Å². The van der Waals surface area contributed by atoms with E-state index in [1.807, 2.05) is 56.0 Å². The third kappa shape index (κ3) is 5.75. The predicted molar refractivity (Wildman–Crippen MR) is 116 cm³/mol. The fourth-order valence-corrected chi connectivity index (χ4v) is 4.48. The number of likely N-dealkylation sites (tertiary alicyclic amines) is 1. The molecule has 0 aromatic heterocycles. The standard InChI is InChI=1S/C24H36N2O4/c1-23(2,3)30-22(28)26-15-7-8-19(18-26)11-14-25-21(27)24(12-16-29-17-13-24)20-9-5-4-6-10-20/h4-6,9-10,19H,7-8,11-18H2,1-3H3,(H,25,27). The number of hydrogen-bond acceptors (Lipinski definition) is 4. The van der Waals surface area contributed by atoms with Crippen molar-refractivity contribution < 1.29 is 19.1 Å². The lowest BCUT2D eigenvalue weighted by atomic mass is 9.73. The lowest BCUT2D eigenvalue weighted by Gasteiger charge is -2.37. The summed E-state index contributed by atoms with van der Waals surface area (Å²) in [6.07, 6.45) is 4.10. The van der Waals surface area contributed by atoms with E-state index in [4.69, 9.17) is 9.47 Å². The average Bonchev–Trinajstić information content (AvgIpc) is 2.74. The SMILES string of the molecule is CC(C)(C)OC(=O)N1CCCC(CCNC(=O)C2(c3ccccc3)CCOCC2)C1. The van der Waals surface area contributed by atoms with Crippen molar-refractivity contribution in [1.82, 2.24) is 10.2 Å². The molecule has 0 saturated carbocycles. The molecular weight excluding hydrogens is 380 g/mol. The van der Waals surface area contributed by atoms with Crippen LogP contribution >= 0.6 is 0 Å². The van der Waals surface area contributed by atoms with Crippen molar-refractivity contribution >= 4 is 12.0 Å². The molecule has 0 aliphatic carbocycles. The summed E-state index contributed by atoms with van der Waals surface area (Å²) in [7, 11) is 0. The van der Waals surface area contributed by atoms with Gasteiger partial charge in [-0.3, -0.25) is 4.79 Å². The summed E-state index contributed by atoms with van der Waals surface area (Å²) in [6.45, 7) is 8.95. The van der Waals surface area contributed by atoms with Crippen LogP contribution in [0.15, 0.2) is 30.3 Å². The minimum Gasteiger partial charge on any atom is -0.444 e. The molecule has 1 aromatic rings. The second-order valence-corrected chi connectivity index (χ2v) is 9.54. The first-order valence-electron chi connectivity index (χ1n) is 11.2. The zero-order chi connectivity index (χ0) is 21.6. The number of carbonyl (C=O) groups excluding carboxylic acids is 2. The molecular formula is C24H36N2O4. The predicted octanol–water partition coefficient (Wildman–Crippen LogP) is 3.89.